The summed E-state index contributed by atoms with van der Waals surface area (Å²) in [6.45, 7) is 0. The summed E-state index contributed by atoms with van der Waals surface area (Å²) in [6, 6.07) is 3.01. The second kappa shape index (κ2) is 3.82. The minimum atomic E-state index is -0.608. The molecule has 1 N–H and O–H groups in total. The maximum Gasteiger partial charge on any atom is 0.316 e. The summed E-state index contributed by atoms with van der Waals surface area (Å²) in [5.41, 5.74) is 0.155. The van der Waals surface area contributed by atoms with E-state index in [0.29, 0.717) is 0 Å². The Morgan fingerprint density at radius 2 is 2.42 bits per heavy atom. The molecule has 1 heterocycles. The largest absolute Gasteiger partial charge is 0.316 e. The van der Waals surface area contributed by atoms with Crippen LogP contribution in [0.2, 0.25) is 5.15 Å². The predicted octanol–water partition coefficient (Wildman–Crippen LogP) is 0.532. The minimum absolute atomic E-state index is 0.0604. The topological polar surface area (TPSA) is 59.1 Å². The first kappa shape index (κ1) is 8.67. The third-order valence-electron chi connectivity index (χ3n) is 1.17. The van der Waals surface area contributed by atoms with Gasteiger partial charge in [0.2, 0.25) is 0 Å². The van der Waals surface area contributed by atoms with Crippen molar-refractivity contribution in [2.75, 3.05) is 0 Å². The number of amides is 2. The summed E-state index contributed by atoms with van der Waals surface area (Å²) in [5.74, 6) is -0.608. The lowest BCUT2D eigenvalue weighted by Gasteiger charge is -1.97. The molecule has 0 spiro atoms. The molecular weight excluding hydrogens is 180 g/mol. The van der Waals surface area contributed by atoms with Crippen molar-refractivity contribution in [1.29, 1.82) is 0 Å². The lowest BCUT2D eigenvalue weighted by Crippen LogP contribution is -2.21. The Balaban J connectivity index is 2.94. The summed E-state index contributed by atoms with van der Waals surface area (Å²) in [5, 5.41) is 1.89. The van der Waals surface area contributed by atoms with Crippen LogP contribution in [0.25, 0.3) is 0 Å². The van der Waals surface area contributed by atoms with Crippen LogP contribution in [-0.2, 0) is 4.79 Å². The number of halogens is 1. The molecule has 0 saturated heterocycles. The van der Waals surface area contributed by atoms with Gasteiger partial charge in [-0.2, -0.15) is 0 Å². The van der Waals surface area contributed by atoms with E-state index in [9.17, 15) is 9.59 Å². The molecule has 0 atom stereocenters. The second-order valence-electron chi connectivity index (χ2n) is 1.90. The quantitative estimate of drug-likeness (QED) is 0.538. The van der Waals surface area contributed by atoms with Crippen molar-refractivity contribution in [3.63, 3.8) is 0 Å². The maximum absolute atomic E-state index is 11.0. The number of rotatable bonds is 2. The third kappa shape index (κ3) is 1.79. The van der Waals surface area contributed by atoms with E-state index in [2.05, 4.69) is 4.98 Å². The predicted molar refractivity (Wildman–Crippen MR) is 42.4 cm³/mol. The van der Waals surface area contributed by atoms with Gasteiger partial charge in [0.15, 0.2) is 0 Å². The van der Waals surface area contributed by atoms with Crippen LogP contribution in [-0.4, -0.2) is 17.3 Å². The molecule has 4 nitrogen and oxygen atoms in total. The molecule has 0 unspecified atom stereocenters. The van der Waals surface area contributed by atoms with Crippen molar-refractivity contribution in [2.24, 2.45) is 0 Å². The van der Waals surface area contributed by atoms with Gasteiger partial charge in [-0.15, -0.1) is 0 Å². The molecule has 0 bridgehead atoms. The molecule has 1 rings (SSSR count). The van der Waals surface area contributed by atoms with Crippen LogP contribution in [0.4, 0.5) is 0 Å². The zero-order chi connectivity index (χ0) is 8.97. The highest BCUT2D eigenvalue weighted by Gasteiger charge is 2.08. The Bertz CT molecular complexity index is 314. The first-order chi connectivity index (χ1) is 5.75. The third-order valence-corrected chi connectivity index (χ3v) is 1.47. The van der Waals surface area contributed by atoms with Gasteiger partial charge in [0.1, 0.15) is 5.15 Å². The zero-order valence-electron chi connectivity index (χ0n) is 5.87. The molecule has 61 valence electrons. The van der Waals surface area contributed by atoms with E-state index in [1.54, 1.807) is 6.07 Å². The van der Waals surface area contributed by atoms with E-state index in [1.807, 2.05) is 5.32 Å². The fourth-order valence-corrected chi connectivity index (χ4v) is 0.874. The van der Waals surface area contributed by atoms with E-state index in [1.165, 1.54) is 18.7 Å². The highest BCUT2D eigenvalue weighted by atomic mass is 35.5. The van der Waals surface area contributed by atoms with E-state index < -0.39 is 5.91 Å². The number of nitrogens with zero attached hydrogens (tertiary/aromatic N) is 1. The van der Waals surface area contributed by atoms with Crippen molar-refractivity contribution in [2.45, 2.75) is 0 Å². The van der Waals surface area contributed by atoms with Gasteiger partial charge in [-0.25, -0.2) is 4.98 Å². The van der Waals surface area contributed by atoms with Crippen molar-refractivity contribution in [3.05, 3.63) is 29.0 Å². The van der Waals surface area contributed by atoms with Gasteiger partial charge < -0.3 is 0 Å². The lowest BCUT2D eigenvalue weighted by atomic mass is 10.3. The van der Waals surface area contributed by atoms with E-state index in [0.717, 1.165) is 0 Å². The molecule has 1 radical (unpaired) electrons. The van der Waals surface area contributed by atoms with Crippen LogP contribution in [0.1, 0.15) is 10.4 Å². The lowest BCUT2D eigenvalue weighted by molar-refractivity contribution is 0.0976. The van der Waals surface area contributed by atoms with Crippen LogP contribution in [0.3, 0.4) is 0 Å². The normalized spacial score (nSPS) is 9.08. The fourth-order valence-electron chi connectivity index (χ4n) is 0.669. The van der Waals surface area contributed by atoms with E-state index >= 15 is 0 Å². The summed E-state index contributed by atoms with van der Waals surface area (Å²) in [6.07, 6.45) is 2.71. The number of hydrogen-bond donors (Lipinski definition) is 1. The monoisotopic (exact) mass is 183 g/mol. The molecule has 5 heteroatoms. The first-order valence-electron chi connectivity index (χ1n) is 3.03. The molecule has 2 amide bonds. The Labute approximate surface area is 73.6 Å². The summed E-state index contributed by atoms with van der Waals surface area (Å²) >= 11 is 5.55. The highest BCUT2D eigenvalue weighted by molar-refractivity contribution is 6.32. The van der Waals surface area contributed by atoms with Crippen molar-refractivity contribution in [1.82, 2.24) is 10.3 Å². The van der Waals surface area contributed by atoms with E-state index in [-0.39, 0.29) is 10.7 Å². The SMILES string of the molecule is O=[C]NC(=O)c1cccnc1Cl. The number of carbonyl (C=O) groups excluding carboxylic acids is 2. The van der Waals surface area contributed by atoms with E-state index in [4.69, 9.17) is 11.6 Å². The zero-order valence-corrected chi connectivity index (χ0v) is 6.63. The van der Waals surface area contributed by atoms with Gasteiger partial charge in [-0.05, 0) is 12.1 Å². The van der Waals surface area contributed by atoms with Crippen LogP contribution in [0, 0.1) is 0 Å². The number of pyridine rings is 1. The molecular formula is C7H4ClN2O2. The standard InChI is InChI=1S/C7H4ClN2O2/c8-6-5(2-1-3-9-6)7(12)10-4-11/h1-3H,(H,10,11,12). The molecule has 0 aliphatic heterocycles. The molecule has 0 aliphatic carbocycles. The average molecular weight is 184 g/mol. The molecule has 0 aromatic carbocycles. The fraction of sp³-hybridized carbons (Fsp3) is 0. The van der Waals surface area contributed by atoms with Crippen LogP contribution < -0.4 is 5.32 Å². The summed E-state index contributed by atoms with van der Waals surface area (Å²) < 4.78 is 0. The van der Waals surface area contributed by atoms with Crippen molar-refractivity contribution >= 4 is 23.9 Å². The first-order valence-corrected chi connectivity index (χ1v) is 3.41. The summed E-state index contributed by atoms with van der Waals surface area (Å²) in [7, 11) is 0. The number of hydrogen-bond acceptors (Lipinski definition) is 3. The number of carbonyl (C=O) groups is 1. The Hall–Kier alpha value is -1.42. The van der Waals surface area contributed by atoms with Crippen molar-refractivity contribution < 1.29 is 9.59 Å². The highest BCUT2D eigenvalue weighted by Crippen LogP contribution is 2.10. The smallest absolute Gasteiger partial charge is 0.284 e. The number of imide groups is 1. The maximum atomic E-state index is 11.0. The molecule has 1 aromatic heterocycles. The molecule has 1 aromatic rings. The van der Waals surface area contributed by atoms with Gasteiger partial charge in [0.25, 0.3) is 5.91 Å². The Morgan fingerprint density at radius 3 is 3.00 bits per heavy atom. The van der Waals surface area contributed by atoms with Crippen LogP contribution >= 0.6 is 11.6 Å². The van der Waals surface area contributed by atoms with Crippen LogP contribution in [0.5, 0.6) is 0 Å². The minimum Gasteiger partial charge on any atom is -0.284 e. The summed E-state index contributed by atoms with van der Waals surface area (Å²) in [4.78, 5) is 24.4. The van der Waals surface area contributed by atoms with Gasteiger partial charge in [-0.3, -0.25) is 14.9 Å². The molecule has 0 aliphatic rings. The Morgan fingerprint density at radius 1 is 1.67 bits per heavy atom. The van der Waals surface area contributed by atoms with Crippen LogP contribution in [0.15, 0.2) is 18.3 Å². The van der Waals surface area contributed by atoms with Gasteiger partial charge >= 0.3 is 6.41 Å². The number of nitrogens with one attached hydrogen (secondary N) is 1. The Kier molecular flexibility index (Phi) is 2.76. The van der Waals surface area contributed by atoms with Gasteiger partial charge in [0, 0.05) is 6.20 Å². The molecule has 12 heavy (non-hydrogen) atoms. The average Bonchev–Trinajstić information content (AvgIpc) is 2.05. The molecule has 0 saturated carbocycles. The molecule has 0 fully saturated rings. The second-order valence-corrected chi connectivity index (χ2v) is 2.26. The van der Waals surface area contributed by atoms with Gasteiger partial charge in [0.05, 0.1) is 5.56 Å². The van der Waals surface area contributed by atoms with Crippen molar-refractivity contribution in [3.8, 4) is 0 Å². The number of aromatic nitrogens is 1. The van der Waals surface area contributed by atoms with Gasteiger partial charge in [-0.1, -0.05) is 11.6 Å².